The lowest BCUT2D eigenvalue weighted by atomic mass is 10.2. The molecule has 3 nitrogen and oxygen atoms in total. The lowest BCUT2D eigenvalue weighted by Gasteiger charge is -2.11. The molecule has 0 aliphatic rings. The predicted molar refractivity (Wildman–Crippen MR) is 68.0 cm³/mol. The minimum atomic E-state index is -0.0346. The Bertz CT molecular complexity index is 379. The minimum Gasteiger partial charge on any atom is -0.325 e. The number of halogens is 1. The molecule has 1 rings (SSSR count). The summed E-state index contributed by atoms with van der Waals surface area (Å²) in [6, 6.07) is 5.73. The van der Waals surface area contributed by atoms with Crippen LogP contribution in [0.2, 0.25) is 5.02 Å². The zero-order valence-electron chi connectivity index (χ0n) is 9.80. The minimum absolute atomic E-state index is 0.0346. The van der Waals surface area contributed by atoms with Gasteiger partial charge in [-0.25, -0.2) is 0 Å². The highest BCUT2D eigenvalue weighted by molar-refractivity contribution is 6.33. The zero-order chi connectivity index (χ0) is 12.1. The Morgan fingerprint density at radius 2 is 2.19 bits per heavy atom. The number of aryl methyl sites for hydroxylation is 1. The van der Waals surface area contributed by atoms with E-state index >= 15 is 0 Å². The number of carbonyl (C=O) groups is 1. The van der Waals surface area contributed by atoms with E-state index < -0.39 is 0 Å². The maximum absolute atomic E-state index is 11.6. The van der Waals surface area contributed by atoms with Crippen molar-refractivity contribution < 1.29 is 4.79 Å². The molecule has 16 heavy (non-hydrogen) atoms. The first kappa shape index (κ1) is 13.0. The maximum Gasteiger partial charge on any atom is 0.225 e. The third kappa shape index (κ3) is 3.83. The molecule has 0 aliphatic heterocycles. The summed E-state index contributed by atoms with van der Waals surface area (Å²) in [4.78, 5) is 11.6. The average molecular weight is 241 g/mol. The van der Waals surface area contributed by atoms with Crippen LogP contribution in [0.5, 0.6) is 0 Å². The van der Waals surface area contributed by atoms with Gasteiger partial charge in [0.2, 0.25) is 5.91 Å². The van der Waals surface area contributed by atoms with Gasteiger partial charge in [0, 0.05) is 12.5 Å². The van der Waals surface area contributed by atoms with Crippen molar-refractivity contribution >= 4 is 23.2 Å². The second-order valence-electron chi connectivity index (χ2n) is 3.93. The molecule has 88 valence electrons. The zero-order valence-corrected chi connectivity index (χ0v) is 10.6. The third-order valence-corrected chi connectivity index (χ3v) is 2.70. The monoisotopic (exact) mass is 240 g/mol. The summed E-state index contributed by atoms with van der Waals surface area (Å²) in [5, 5.41) is 6.38. The first-order chi connectivity index (χ1) is 7.52. The number of nitrogens with one attached hydrogen (secondary N) is 2. The van der Waals surface area contributed by atoms with Crippen LogP contribution in [-0.2, 0) is 4.79 Å². The molecule has 2 N–H and O–H groups in total. The van der Waals surface area contributed by atoms with E-state index in [1.165, 1.54) is 0 Å². The van der Waals surface area contributed by atoms with Gasteiger partial charge in [-0.15, -0.1) is 0 Å². The van der Waals surface area contributed by atoms with Crippen LogP contribution in [-0.4, -0.2) is 19.0 Å². The van der Waals surface area contributed by atoms with Gasteiger partial charge < -0.3 is 10.6 Å². The number of rotatable bonds is 4. The lowest BCUT2D eigenvalue weighted by Crippen LogP contribution is -2.27. The predicted octanol–water partition coefficient (Wildman–Crippen LogP) is 2.58. The topological polar surface area (TPSA) is 41.1 Å². The second-order valence-corrected chi connectivity index (χ2v) is 4.33. The van der Waals surface area contributed by atoms with Crippen molar-refractivity contribution in [2.24, 2.45) is 0 Å². The number of carbonyl (C=O) groups excluding carboxylic acids is 1. The van der Waals surface area contributed by atoms with E-state index in [-0.39, 0.29) is 11.9 Å². The maximum atomic E-state index is 11.6. The second kappa shape index (κ2) is 5.87. The average Bonchev–Trinajstić information content (AvgIpc) is 2.22. The van der Waals surface area contributed by atoms with Gasteiger partial charge in [-0.05, 0) is 38.6 Å². The van der Waals surface area contributed by atoms with Crippen LogP contribution in [0.3, 0.4) is 0 Å². The van der Waals surface area contributed by atoms with Crippen molar-refractivity contribution in [2.45, 2.75) is 26.3 Å². The van der Waals surface area contributed by atoms with Crippen LogP contribution in [0, 0.1) is 6.92 Å². The van der Waals surface area contributed by atoms with Gasteiger partial charge in [0.05, 0.1) is 10.7 Å². The summed E-state index contributed by atoms with van der Waals surface area (Å²) in [5.74, 6) is -0.0346. The first-order valence-corrected chi connectivity index (χ1v) is 5.64. The Morgan fingerprint density at radius 3 is 2.75 bits per heavy atom. The number of benzene rings is 1. The Hall–Kier alpha value is -1.06. The summed E-state index contributed by atoms with van der Waals surface area (Å²) >= 11 is 6.01. The molecule has 1 aromatic carbocycles. The fraction of sp³-hybridized carbons (Fsp3) is 0.417. The molecular weight excluding hydrogens is 224 g/mol. The lowest BCUT2D eigenvalue weighted by molar-refractivity contribution is -0.116. The van der Waals surface area contributed by atoms with Crippen molar-refractivity contribution in [2.75, 3.05) is 12.4 Å². The number of anilines is 1. The van der Waals surface area contributed by atoms with Crippen molar-refractivity contribution in [3.63, 3.8) is 0 Å². The van der Waals surface area contributed by atoms with E-state index in [1.54, 1.807) is 0 Å². The first-order valence-electron chi connectivity index (χ1n) is 5.26. The summed E-state index contributed by atoms with van der Waals surface area (Å²) in [5.41, 5.74) is 1.74. The molecule has 1 unspecified atom stereocenters. The van der Waals surface area contributed by atoms with E-state index in [1.807, 2.05) is 39.1 Å². The summed E-state index contributed by atoms with van der Waals surface area (Å²) in [6.07, 6.45) is 0.431. The highest BCUT2D eigenvalue weighted by Crippen LogP contribution is 2.22. The van der Waals surface area contributed by atoms with Crippen LogP contribution < -0.4 is 10.6 Å². The summed E-state index contributed by atoms with van der Waals surface area (Å²) < 4.78 is 0. The molecule has 0 bridgehead atoms. The van der Waals surface area contributed by atoms with E-state index in [0.717, 1.165) is 5.56 Å². The smallest absolute Gasteiger partial charge is 0.225 e. The van der Waals surface area contributed by atoms with Gasteiger partial charge in [-0.1, -0.05) is 17.7 Å². The Kier molecular flexibility index (Phi) is 4.77. The summed E-state index contributed by atoms with van der Waals surface area (Å²) in [7, 11) is 1.83. The van der Waals surface area contributed by atoms with E-state index in [0.29, 0.717) is 17.1 Å². The molecule has 0 saturated carbocycles. The summed E-state index contributed by atoms with van der Waals surface area (Å²) in [6.45, 7) is 3.91. The van der Waals surface area contributed by atoms with Gasteiger partial charge in [0.25, 0.3) is 0 Å². The molecule has 0 aromatic heterocycles. The standard InChI is InChI=1S/C12H17ClN2O/c1-8-4-5-11(10(13)6-8)15-12(16)7-9(2)14-3/h4-6,9,14H,7H2,1-3H3,(H,15,16). The molecule has 0 saturated heterocycles. The largest absolute Gasteiger partial charge is 0.325 e. The van der Waals surface area contributed by atoms with Crippen LogP contribution in [0.25, 0.3) is 0 Å². The number of hydrogen-bond donors (Lipinski definition) is 2. The van der Waals surface area contributed by atoms with Gasteiger partial charge >= 0.3 is 0 Å². The van der Waals surface area contributed by atoms with Gasteiger partial charge in [-0.3, -0.25) is 4.79 Å². The molecule has 0 heterocycles. The fourth-order valence-electron chi connectivity index (χ4n) is 1.30. The van der Waals surface area contributed by atoms with Gasteiger partial charge in [-0.2, -0.15) is 0 Å². The van der Waals surface area contributed by atoms with Crippen molar-refractivity contribution in [3.8, 4) is 0 Å². The van der Waals surface area contributed by atoms with Gasteiger partial charge in [0.1, 0.15) is 0 Å². The van der Waals surface area contributed by atoms with Gasteiger partial charge in [0.15, 0.2) is 0 Å². The van der Waals surface area contributed by atoms with Crippen LogP contribution >= 0.6 is 11.6 Å². The molecule has 1 aromatic rings. The molecule has 0 spiro atoms. The SMILES string of the molecule is CNC(C)CC(=O)Nc1ccc(C)cc1Cl. The molecule has 4 heteroatoms. The highest BCUT2D eigenvalue weighted by atomic mass is 35.5. The van der Waals surface area contributed by atoms with Crippen LogP contribution in [0.1, 0.15) is 18.9 Å². The molecule has 0 radical (unpaired) electrons. The molecule has 0 aliphatic carbocycles. The van der Waals surface area contributed by atoms with Crippen molar-refractivity contribution in [1.82, 2.24) is 5.32 Å². The Balaban J connectivity index is 2.63. The van der Waals surface area contributed by atoms with Crippen LogP contribution in [0.4, 0.5) is 5.69 Å². The van der Waals surface area contributed by atoms with E-state index in [2.05, 4.69) is 10.6 Å². The quantitative estimate of drug-likeness (QED) is 0.850. The third-order valence-electron chi connectivity index (χ3n) is 2.38. The normalized spacial score (nSPS) is 12.2. The molecular formula is C12H17ClN2O. The van der Waals surface area contributed by atoms with E-state index in [4.69, 9.17) is 11.6 Å². The fourth-order valence-corrected chi connectivity index (χ4v) is 1.59. The van der Waals surface area contributed by atoms with Crippen LogP contribution in [0.15, 0.2) is 18.2 Å². The number of amides is 1. The number of hydrogen-bond acceptors (Lipinski definition) is 2. The van der Waals surface area contributed by atoms with Crippen molar-refractivity contribution in [3.05, 3.63) is 28.8 Å². The van der Waals surface area contributed by atoms with E-state index in [9.17, 15) is 4.79 Å². The molecule has 1 amide bonds. The Morgan fingerprint density at radius 1 is 1.50 bits per heavy atom. The molecule has 0 fully saturated rings. The molecule has 1 atom stereocenters. The Labute approximate surface area is 101 Å². The highest BCUT2D eigenvalue weighted by Gasteiger charge is 2.09. The van der Waals surface area contributed by atoms with Crippen molar-refractivity contribution in [1.29, 1.82) is 0 Å².